The maximum absolute atomic E-state index is 11.7. The van der Waals surface area contributed by atoms with Gasteiger partial charge in [-0.2, -0.15) is 0 Å². The van der Waals surface area contributed by atoms with Crippen LogP contribution in [0, 0.1) is 6.92 Å². The number of ether oxygens (including phenoxy) is 2. The van der Waals surface area contributed by atoms with Crippen molar-refractivity contribution in [1.82, 2.24) is 0 Å². The first kappa shape index (κ1) is 14.8. The van der Waals surface area contributed by atoms with Gasteiger partial charge >= 0.3 is 11.9 Å². The Morgan fingerprint density at radius 1 is 0.762 bits per heavy atom. The van der Waals surface area contributed by atoms with Crippen molar-refractivity contribution in [3.8, 4) is 0 Å². The highest BCUT2D eigenvalue weighted by atomic mass is 16.6. The molecule has 0 atom stereocenters. The van der Waals surface area contributed by atoms with Gasteiger partial charge in [0.1, 0.15) is 13.2 Å². The second-order valence-corrected chi connectivity index (χ2v) is 4.50. The molecule has 0 aromatic heterocycles. The van der Waals surface area contributed by atoms with Crippen molar-refractivity contribution in [2.24, 2.45) is 0 Å². The smallest absolute Gasteiger partial charge is 0.338 e. The van der Waals surface area contributed by atoms with Crippen LogP contribution in [-0.2, 0) is 9.47 Å². The second kappa shape index (κ2) is 7.24. The van der Waals surface area contributed by atoms with Crippen molar-refractivity contribution in [3.63, 3.8) is 0 Å². The molecule has 108 valence electrons. The fourth-order valence-electron chi connectivity index (χ4n) is 1.70. The predicted molar refractivity (Wildman–Crippen MR) is 78.2 cm³/mol. The molecule has 0 heterocycles. The average Bonchev–Trinajstić information content (AvgIpc) is 2.52. The number of hydrogen-bond acceptors (Lipinski definition) is 4. The number of esters is 2. The monoisotopic (exact) mass is 284 g/mol. The number of carbonyl (C=O) groups is 2. The Labute approximate surface area is 123 Å². The van der Waals surface area contributed by atoms with Crippen LogP contribution < -0.4 is 0 Å². The van der Waals surface area contributed by atoms with Gasteiger partial charge in [-0.1, -0.05) is 35.9 Å². The summed E-state index contributed by atoms with van der Waals surface area (Å²) in [4.78, 5) is 23.3. The molecule has 0 aliphatic heterocycles. The molecule has 4 nitrogen and oxygen atoms in total. The van der Waals surface area contributed by atoms with Crippen LogP contribution in [0.5, 0.6) is 0 Å². The van der Waals surface area contributed by atoms with Crippen molar-refractivity contribution in [2.75, 3.05) is 13.2 Å². The zero-order valence-electron chi connectivity index (χ0n) is 11.7. The SMILES string of the molecule is Cc1ccc(C(=O)OCCOC(=O)c2ccccc2)cc1. The van der Waals surface area contributed by atoms with E-state index < -0.39 is 11.9 Å². The van der Waals surface area contributed by atoms with Gasteiger partial charge in [-0.3, -0.25) is 0 Å². The molecule has 0 spiro atoms. The standard InChI is InChI=1S/C17H16O4/c1-13-7-9-15(10-8-13)17(19)21-12-11-20-16(18)14-5-3-2-4-6-14/h2-10H,11-12H2,1H3. The number of carbonyl (C=O) groups excluding carboxylic acids is 2. The maximum Gasteiger partial charge on any atom is 0.338 e. The van der Waals surface area contributed by atoms with Crippen LogP contribution in [-0.4, -0.2) is 25.2 Å². The Bertz CT molecular complexity index is 602. The molecule has 0 saturated heterocycles. The number of aryl methyl sites for hydroxylation is 1. The normalized spacial score (nSPS) is 9.95. The molecule has 0 aliphatic rings. The Hall–Kier alpha value is -2.62. The van der Waals surface area contributed by atoms with Crippen molar-refractivity contribution in [3.05, 3.63) is 71.3 Å². The van der Waals surface area contributed by atoms with E-state index in [1.165, 1.54) is 0 Å². The first-order valence-electron chi connectivity index (χ1n) is 6.63. The van der Waals surface area contributed by atoms with Gasteiger partial charge in [-0.25, -0.2) is 9.59 Å². The summed E-state index contributed by atoms with van der Waals surface area (Å²) in [5, 5.41) is 0. The first-order valence-corrected chi connectivity index (χ1v) is 6.63. The fraction of sp³-hybridized carbons (Fsp3) is 0.176. The molecule has 21 heavy (non-hydrogen) atoms. The Morgan fingerprint density at radius 2 is 1.24 bits per heavy atom. The van der Waals surface area contributed by atoms with Crippen LogP contribution in [0.25, 0.3) is 0 Å². The lowest BCUT2D eigenvalue weighted by Gasteiger charge is -2.06. The molecule has 0 radical (unpaired) electrons. The molecule has 2 aromatic rings. The van der Waals surface area contributed by atoms with Crippen LogP contribution in [0.2, 0.25) is 0 Å². The van der Waals surface area contributed by atoms with Gasteiger partial charge in [0.2, 0.25) is 0 Å². The summed E-state index contributed by atoms with van der Waals surface area (Å²) in [6.07, 6.45) is 0. The third-order valence-corrected chi connectivity index (χ3v) is 2.85. The summed E-state index contributed by atoms with van der Waals surface area (Å²) in [6, 6.07) is 15.8. The summed E-state index contributed by atoms with van der Waals surface area (Å²) in [6.45, 7) is 2.01. The van der Waals surface area contributed by atoms with Crippen LogP contribution in [0.4, 0.5) is 0 Å². The highest BCUT2D eigenvalue weighted by Crippen LogP contribution is 2.05. The lowest BCUT2D eigenvalue weighted by Crippen LogP contribution is -2.14. The highest BCUT2D eigenvalue weighted by molar-refractivity contribution is 5.90. The zero-order valence-corrected chi connectivity index (χ0v) is 11.7. The van der Waals surface area contributed by atoms with Crippen LogP contribution in [0.1, 0.15) is 26.3 Å². The molecule has 0 unspecified atom stereocenters. The van der Waals surface area contributed by atoms with E-state index in [-0.39, 0.29) is 13.2 Å². The fourth-order valence-corrected chi connectivity index (χ4v) is 1.70. The molecule has 4 heteroatoms. The lowest BCUT2D eigenvalue weighted by molar-refractivity contribution is 0.0265. The van der Waals surface area contributed by atoms with Gasteiger partial charge in [0, 0.05) is 0 Å². The Balaban J connectivity index is 1.73. The molecule has 2 aromatic carbocycles. The summed E-state index contributed by atoms with van der Waals surface area (Å²) in [5.74, 6) is -0.854. The third-order valence-electron chi connectivity index (χ3n) is 2.85. The third kappa shape index (κ3) is 4.45. The first-order chi connectivity index (χ1) is 10.2. The van der Waals surface area contributed by atoms with E-state index in [2.05, 4.69) is 0 Å². The van der Waals surface area contributed by atoms with E-state index in [0.29, 0.717) is 11.1 Å². The maximum atomic E-state index is 11.7. The van der Waals surface area contributed by atoms with Gasteiger partial charge < -0.3 is 9.47 Å². The summed E-state index contributed by atoms with van der Waals surface area (Å²) < 4.78 is 10.1. The van der Waals surface area contributed by atoms with Gasteiger partial charge in [0.15, 0.2) is 0 Å². The Morgan fingerprint density at radius 3 is 1.76 bits per heavy atom. The minimum absolute atomic E-state index is 0.0330. The summed E-state index contributed by atoms with van der Waals surface area (Å²) in [7, 11) is 0. The quantitative estimate of drug-likeness (QED) is 0.625. The van der Waals surface area contributed by atoms with E-state index in [1.54, 1.807) is 36.4 Å². The van der Waals surface area contributed by atoms with E-state index in [0.717, 1.165) is 5.56 Å². The largest absolute Gasteiger partial charge is 0.458 e. The van der Waals surface area contributed by atoms with Crippen molar-refractivity contribution in [1.29, 1.82) is 0 Å². The van der Waals surface area contributed by atoms with Crippen molar-refractivity contribution >= 4 is 11.9 Å². The van der Waals surface area contributed by atoms with E-state index >= 15 is 0 Å². The molecular formula is C17H16O4. The molecule has 0 saturated carbocycles. The van der Waals surface area contributed by atoms with Crippen LogP contribution in [0.15, 0.2) is 54.6 Å². The molecule has 0 aliphatic carbocycles. The molecule has 2 rings (SSSR count). The summed E-state index contributed by atoms with van der Waals surface area (Å²) >= 11 is 0. The number of rotatable bonds is 5. The highest BCUT2D eigenvalue weighted by Gasteiger charge is 2.08. The van der Waals surface area contributed by atoms with E-state index in [9.17, 15) is 9.59 Å². The number of benzene rings is 2. The second-order valence-electron chi connectivity index (χ2n) is 4.50. The topological polar surface area (TPSA) is 52.6 Å². The minimum Gasteiger partial charge on any atom is -0.458 e. The predicted octanol–water partition coefficient (Wildman–Crippen LogP) is 3.01. The van der Waals surface area contributed by atoms with Crippen molar-refractivity contribution in [2.45, 2.75) is 6.92 Å². The molecule has 0 bridgehead atoms. The molecule has 0 N–H and O–H groups in total. The molecule has 0 amide bonds. The minimum atomic E-state index is -0.429. The van der Waals surface area contributed by atoms with Gasteiger partial charge in [-0.15, -0.1) is 0 Å². The zero-order chi connectivity index (χ0) is 15.1. The average molecular weight is 284 g/mol. The van der Waals surface area contributed by atoms with Gasteiger partial charge in [0.25, 0.3) is 0 Å². The lowest BCUT2D eigenvalue weighted by atomic mass is 10.1. The van der Waals surface area contributed by atoms with Crippen LogP contribution in [0.3, 0.4) is 0 Å². The van der Waals surface area contributed by atoms with Gasteiger partial charge in [0.05, 0.1) is 11.1 Å². The van der Waals surface area contributed by atoms with Crippen LogP contribution >= 0.6 is 0 Å². The van der Waals surface area contributed by atoms with E-state index in [1.807, 2.05) is 25.1 Å². The molecular weight excluding hydrogens is 268 g/mol. The van der Waals surface area contributed by atoms with Gasteiger partial charge in [-0.05, 0) is 31.2 Å². The van der Waals surface area contributed by atoms with E-state index in [4.69, 9.17) is 9.47 Å². The molecule has 0 fully saturated rings. The number of hydrogen-bond donors (Lipinski definition) is 0. The Kier molecular flexibility index (Phi) is 5.10. The summed E-state index contributed by atoms with van der Waals surface area (Å²) in [5.41, 5.74) is 2.03. The van der Waals surface area contributed by atoms with Crippen molar-refractivity contribution < 1.29 is 19.1 Å².